The zero-order valence-electron chi connectivity index (χ0n) is 13.2. The van der Waals surface area contributed by atoms with E-state index in [9.17, 15) is 4.79 Å². The molecular weight excluding hydrogens is 282 g/mol. The van der Waals surface area contributed by atoms with Crippen LogP contribution in [0.4, 0.5) is 0 Å². The number of amides is 1. The van der Waals surface area contributed by atoms with Crippen LogP contribution < -0.4 is 10.1 Å². The molecule has 0 radical (unpaired) electrons. The van der Waals surface area contributed by atoms with E-state index in [4.69, 9.17) is 14.2 Å². The molecule has 1 atom stereocenters. The lowest BCUT2D eigenvalue weighted by Crippen LogP contribution is -2.27. The molecule has 1 aromatic carbocycles. The van der Waals surface area contributed by atoms with E-state index in [1.807, 2.05) is 24.3 Å². The van der Waals surface area contributed by atoms with Gasteiger partial charge in [-0.2, -0.15) is 0 Å². The molecule has 5 heteroatoms. The van der Waals surface area contributed by atoms with Crippen LogP contribution >= 0.6 is 0 Å². The smallest absolute Gasteiger partial charge is 0.222 e. The molecule has 0 bridgehead atoms. The van der Waals surface area contributed by atoms with Crippen molar-refractivity contribution >= 4 is 5.91 Å². The SMILES string of the molecule is COc1ccccc1CCNC(=O)CCOCC1CCCO1. The van der Waals surface area contributed by atoms with E-state index < -0.39 is 0 Å². The minimum absolute atomic E-state index is 0.0160. The number of carbonyl (C=O) groups is 1. The number of rotatable bonds is 9. The van der Waals surface area contributed by atoms with Crippen LogP contribution in [0.25, 0.3) is 0 Å². The van der Waals surface area contributed by atoms with Crippen LogP contribution in [0.3, 0.4) is 0 Å². The Morgan fingerprint density at radius 2 is 2.27 bits per heavy atom. The fraction of sp³-hybridized carbons (Fsp3) is 0.588. The van der Waals surface area contributed by atoms with Gasteiger partial charge in [0.15, 0.2) is 0 Å². The molecule has 1 unspecified atom stereocenters. The molecule has 22 heavy (non-hydrogen) atoms. The highest BCUT2D eigenvalue weighted by molar-refractivity contribution is 5.75. The second-order valence-electron chi connectivity index (χ2n) is 5.37. The molecule has 0 saturated carbocycles. The van der Waals surface area contributed by atoms with E-state index in [0.717, 1.165) is 37.2 Å². The first-order valence-corrected chi connectivity index (χ1v) is 7.87. The molecule has 2 rings (SSSR count). The maximum absolute atomic E-state index is 11.7. The van der Waals surface area contributed by atoms with Gasteiger partial charge in [-0.15, -0.1) is 0 Å². The Morgan fingerprint density at radius 3 is 3.05 bits per heavy atom. The molecule has 1 aliphatic rings. The van der Waals surface area contributed by atoms with Crippen molar-refractivity contribution in [2.75, 3.05) is 33.5 Å². The fourth-order valence-corrected chi connectivity index (χ4v) is 2.49. The summed E-state index contributed by atoms with van der Waals surface area (Å²) in [6.07, 6.45) is 3.53. The normalized spacial score (nSPS) is 17.4. The minimum Gasteiger partial charge on any atom is -0.496 e. The Balaban J connectivity index is 1.55. The number of carbonyl (C=O) groups excluding carboxylic acids is 1. The molecule has 1 aromatic rings. The molecule has 0 aliphatic carbocycles. The molecule has 1 heterocycles. The summed E-state index contributed by atoms with van der Waals surface area (Å²) in [5, 5.41) is 2.91. The van der Waals surface area contributed by atoms with Gasteiger partial charge in [0.2, 0.25) is 5.91 Å². The number of hydrogen-bond acceptors (Lipinski definition) is 4. The van der Waals surface area contributed by atoms with Crippen molar-refractivity contribution in [2.45, 2.75) is 31.8 Å². The third kappa shape index (κ3) is 5.66. The van der Waals surface area contributed by atoms with Crippen LogP contribution in [-0.4, -0.2) is 45.5 Å². The predicted octanol–water partition coefficient (Wildman–Crippen LogP) is 1.94. The zero-order valence-corrected chi connectivity index (χ0v) is 13.2. The highest BCUT2D eigenvalue weighted by atomic mass is 16.5. The highest BCUT2D eigenvalue weighted by Gasteiger charge is 2.15. The third-order valence-electron chi connectivity index (χ3n) is 3.71. The Bertz CT molecular complexity index is 458. The van der Waals surface area contributed by atoms with E-state index in [0.29, 0.717) is 26.2 Å². The van der Waals surface area contributed by atoms with Crippen molar-refractivity contribution in [1.29, 1.82) is 0 Å². The number of para-hydroxylation sites is 1. The van der Waals surface area contributed by atoms with Crippen molar-refractivity contribution < 1.29 is 19.0 Å². The fourth-order valence-electron chi connectivity index (χ4n) is 2.49. The van der Waals surface area contributed by atoms with Crippen LogP contribution in [0.2, 0.25) is 0 Å². The maximum atomic E-state index is 11.7. The molecule has 5 nitrogen and oxygen atoms in total. The summed E-state index contributed by atoms with van der Waals surface area (Å²) in [4.78, 5) is 11.7. The van der Waals surface area contributed by atoms with E-state index in [-0.39, 0.29) is 12.0 Å². The molecule has 122 valence electrons. The van der Waals surface area contributed by atoms with Crippen molar-refractivity contribution in [1.82, 2.24) is 5.32 Å². The minimum atomic E-state index is 0.0160. The van der Waals surface area contributed by atoms with Crippen molar-refractivity contribution in [2.24, 2.45) is 0 Å². The molecule has 1 aliphatic heterocycles. The Kier molecular flexibility index (Phi) is 7.19. The second-order valence-corrected chi connectivity index (χ2v) is 5.37. The standard InChI is InChI=1S/C17H25NO4/c1-20-16-7-3-2-5-14(16)8-10-18-17(19)9-12-21-13-15-6-4-11-22-15/h2-3,5,7,15H,4,6,8-13H2,1H3,(H,18,19). The van der Waals surface area contributed by atoms with Crippen LogP contribution in [0.15, 0.2) is 24.3 Å². The molecule has 1 fully saturated rings. The van der Waals surface area contributed by atoms with Crippen molar-refractivity contribution in [3.05, 3.63) is 29.8 Å². The van der Waals surface area contributed by atoms with Gasteiger partial charge in [-0.1, -0.05) is 18.2 Å². The average Bonchev–Trinajstić information content (AvgIpc) is 3.05. The Hall–Kier alpha value is -1.59. The van der Waals surface area contributed by atoms with Gasteiger partial charge in [-0.3, -0.25) is 4.79 Å². The first-order valence-electron chi connectivity index (χ1n) is 7.87. The van der Waals surface area contributed by atoms with Crippen LogP contribution in [-0.2, 0) is 20.7 Å². The van der Waals surface area contributed by atoms with Crippen molar-refractivity contribution in [3.63, 3.8) is 0 Å². The van der Waals surface area contributed by atoms with E-state index >= 15 is 0 Å². The monoisotopic (exact) mass is 307 g/mol. The summed E-state index contributed by atoms with van der Waals surface area (Å²) < 4.78 is 16.2. The van der Waals surface area contributed by atoms with Crippen LogP contribution in [0.5, 0.6) is 5.75 Å². The second kappa shape index (κ2) is 9.43. The Morgan fingerprint density at radius 1 is 1.41 bits per heavy atom. The first-order chi connectivity index (χ1) is 10.8. The van der Waals surface area contributed by atoms with Gasteiger partial charge >= 0.3 is 0 Å². The van der Waals surface area contributed by atoms with Gasteiger partial charge in [0, 0.05) is 19.6 Å². The predicted molar refractivity (Wildman–Crippen MR) is 84.1 cm³/mol. The summed E-state index contributed by atoms with van der Waals surface area (Å²) in [7, 11) is 1.66. The summed E-state index contributed by atoms with van der Waals surface area (Å²) in [6, 6.07) is 7.84. The highest BCUT2D eigenvalue weighted by Crippen LogP contribution is 2.17. The lowest BCUT2D eigenvalue weighted by Gasteiger charge is -2.11. The summed E-state index contributed by atoms with van der Waals surface area (Å²) >= 11 is 0. The largest absolute Gasteiger partial charge is 0.496 e. The Labute approximate surface area is 131 Å². The average molecular weight is 307 g/mol. The van der Waals surface area contributed by atoms with Gasteiger partial charge in [-0.25, -0.2) is 0 Å². The van der Waals surface area contributed by atoms with Gasteiger partial charge in [0.25, 0.3) is 0 Å². The lowest BCUT2D eigenvalue weighted by atomic mass is 10.1. The molecule has 0 spiro atoms. The third-order valence-corrected chi connectivity index (χ3v) is 3.71. The molecule has 1 N–H and O–H groups in total. The van der Waals surface area contributed by atoms with Crippen LogP contribution in [0.1, 0.15) is 24.8 Å². The number of nitrogens with one attached hydrogen (secondary N) is 1. The van der Waals surface area contributed by atoms with Crippen LogP contribution in [0, 0.1) is 0 Å². The van der Waals surface area contributed by atoms with E-state index in [1.54, 1.807) is 7.11 Å². The summed E-state index contributed by atoms with van der Waals surface area (Å²) in [6.45, 7) is 2.47. The number of ether oxygens (including phenoxy) is 3. The topological polar surface area (TPSA) is 56.8 Å². The lowest BCUT2D eigenvalue weighted by molar-refractivity contribution is -0.122. The zero-order chi connectivity index (χ0) is 15.6. The van der Waals surface area contributed by atoms with Gasteiger partial charge < -0.3 is 19.5 Å². The number of benzene rings is 1. The number of hydrogen-bond donors (Lipinski definition) is 1. The molecule has 1 amide bonds. The first kappa shape index (κ1) is 16.8. The summed E-state index contributed by atoms with van der Waals surface area (Å²) in [5.41, 5.74) is 1.10. The van der Waals surface area contributed by atoms with Gasteiger partial charge in [0.05, 0.1) is 26.4 Å². The van der Waals surface area contributed by atoms with Gasteiger partial charge in [0.1, 0.15) is 5.75 Å². The van der Waals surface area contributed by atoms with E-state index in [1.165, 1.54) is 0 Å². The molecular formula is C17H25NO4. The number of methoxy groups -OCH3 is 1. The quantitative estimate of drug-likeness (QED) is 0.708. The molecule has 0 aromatic heterocycles. The maximum Gasteiger partial charge on any atom is 0.222 e. The van der Waals surface area contributed by atoms with Gasteiger partial charge in [-0.05, 0) is 30.9 Å². The van der Waals surface area contributed by atoms with Crippen molar-refractivity contribution in [3.8, 4) is 5.75 Å². The molecule has 1 saturated heterocycles. The summed E-state index contributed by atoms with van der Waals surface area (Å²) in [5.74, 6) is 0.874. The van der Waals surface area contributed by atoms with E-state index in [2.05, 4.69) is 5.32 Å².